The van der Waals surface area contributed by atoms with Gasteiger partial charge in [0.2, 0.25) is 5.91 Å². The van der Waals surface area contributed by atoms with Crippen LogP contribution < -0.4 is 20.9 Å². The molecule has 5 rings (SSSR count). The summed E-state index contributed by atoms with van der Waals surface area (Å²) >= 11 is 15.0. The zero-order valence-electron chi connectivity index (χ0n) is 26.2. The fraction of sp³-hybridized carbons (Fsp3) is 0.111. The first-order valence-corrected chi connectivity index (χ1v) is 17.2. The average Bonchev–Trinajstić information content (AvgIpc) is 3.53. The van der Waals surface area contributed by atoms with E-state index in [-0.39, 0.29) is 11.6 Å². The van der Waals surface area contributed by atoms with E-state index in [2.05, 4.69) is 20.9 Å². The molecule has 1 unspecified atom stereocenters. The third-order valence-electron chi connectivity index (χ3n) is 6.98. The number of nitrogens with one attached hydrogen (secondary N) is 3. The lowest BCUT2D eigenvalue weighted by Gasteiger charge is -2.14. The Morgan fingerprint density at radius 1 is 0.896 bits per heavy atom. The molecule has 0 bridgehead atoms. The Morgan fingerprint density at radius 3 is 2.27 bits per heavy atom. The van der Waals surface area contributed by atoms with Crippen molar-refractivity contribution >= 4 is 86.6 Å². The molecule has 0 aliphatic carbocycles. The molecule has 0 radical (unpaired) electrons. The van der Waals surface area contributed by atoms with Crippen LogP contribution in [0.4, 0.5) is 16.5 Å². The van der Waals surface area contributed by atoms with Crippen molar-refractivity contribution < 1.29 is 14.4 Å². The first-order valence-electron chi connectivity index (χ1n) is 14.7. The normalized spacial score (nSPS) is 11.8. The topological polar surface area (TPSA) is 103 Å². The van der Waals surface area contributed by atoms with Crippen molar-refractivity contribution in [3.63, 3.8) is 0 Å². The van der Waals surface area contributed by atoms with Gasteiger partial charge in [-0.05, 0) is 85.3 Å². The third-order valence-corrected chi connectivity index (χ3v) is 9.40. The Labute approximate surface area is 297 Å². The lowest BCUT2D eigenvalue weighted by Crippen LogP contribution is -2.30. The number of rotatable bonds is 11. The monoisotopic (exact) mass is 715 g/mol. The van der Waals surface area contributed by atoms with Crippen molar-refractivity contribution in [3.05, 3.63) is 129 Å². The summed E-state index contributed by atoms with van der Waals surface area (Å²) < 4.78 is 0. The summed E-state index contributed by atoms with van der Waals surface area (Å²) in [5.74, 6) is -1.08. The number of hydrogen-bond acceptors (Lipinski definition) is 7. The molecule has 1 heterocycles. The van der Waals surface area contributed by atoms with Gasteiger partial charge >= 0.3 is 0 Å². The molecule has 4 aromatic carbocycles. The number of aromatic nitrogens is 1. The van der Waals surface area contributed by atoms with Gasteiger partial charge < -0.3 is 20.9 Å². The predicted octanol–water partition coefficient (Wildman–Crippen LogP) is 8.71. The molecule has 3 amide bonds. The molecule has 244 valence electrons. The Balaban J connectivity index is 1.22. The largest absolute Gasteiger partial charge is 0.378 e. The molecule has 5 aromatic rings. The van der Waals surface area contributed by atoms with Gasteiger partial charge in [0, 0.05) is 51.9 Å². The van der Waals surface area contributed by atoms with Gasteiger partial charge in [0.1, 0.15) is 5.70 Å². The Kier molecular flexibility index (Phi) is 11.6. The van der Waals surface area contributed by atoms with E-state index < -0.39 is 17.1 Å². The fourth-order valence-electron chi connectivity index (χ4n) is 4.41. The number of thioether (sulfide) groups is 1. The molecular formula is C36H31Cl2N5O3S2. The Morgan fingerprint density at radius 2 is 1.60 bits per heavy atom. The molecular weight excluding hydrogens is 685 g/mol. The van der Waals surface area contributed by atoms with Crippen molar-refractivity contribution in [2.24, 2.45) is 0 Å². The van der Waals surface area contributed by atoms with Crippen LogP contribution in [0.25, 0.3) is 17.3 Å². The smallest absolute Gasteiger partial charge is 0.272 e. The van der Waals surface area contributed by atoms with Crippen molar-refractivity contribution in [2.45, 2.75) is 17.1 Å². The van der Waals surface area contributed by atoms with E-state index in [1.54, 1.807) is 67.6 Å². The molecule has 1 atom stereocenters. The third kappa shape index (κ3) is 9.26. The van der Waals surface area contributed by atoms with E-state index in [1.165, 1.54) is 23.1 Å². The summed E-state index contributed by atoms with van der Waals surface area (Å²) in [5.41, 5.74) is 4.19. The van der Waals surface area contributed by atoms with Crippen molar-refractivity contribution in [3.8, 4) is 11.3 Å². The van der Waals surface area contributed by atoms with E-state index in [0.29, 0.717) is 32.1 Å². The van der Waals surface area contributed by atoms with Crippen LogP contribution in [0.2, 0.25) is 10.0 Å². The van der Waals surface area contributed by atoms with Gasteiger partial charge in [0.25, 0.3) is 11.8 Å². The highest BCUT2D eigenvalue weighted by molar-refractivity contribution is 8.00. The number of halogens is 2. The van der Waals surface area contributed by atoms with Crippen LogP contribution in [0.1, 0.15) is 22.8 Å². The highest BCUT2D eigenvalue weighted by Crippen LogP contribution is 2.33. The van der Waals surface area contributed by atoms with E-state index in [4.69, 9.17) is 23.2 Å². The van der Waals surface area contributed by atoms with Crippen LogP contribution >= 0.6 is 46.3 Å². The lowest BCUT2D eigenvalue weighted by molar-refractivity contribution is -0.115. The van der Waals surface area contributed by atoms with Crippen LogP contribution in [0.5, 0.6) is 0 Å². The molecule has 0 aliphatic rings. The molecule has 0 aliphatic heterocycles. The zero-order valence-corrected chi connectivity index (χ0v) is 29.3. The van der Waals surface area contributed by atoms with Crippen LogP contribution in [0, 0.1) is 0 Å². The van der Waals surface area contributed by atoms with Gasteiger partial charge in [-0.1, -0.05) is 53.5 Å². The second-order valence-electron chi connectivity index (χ2n) is 10.8. The minimum atomic E-state index is -0.480. The number of carbonyl (C=O) groups is 3. The van der Waals surface area contributed by atoms with Crippen molar-refractivity contribution in [1.29, 1.82) is 0 Å². The molecule has 48 heavy (non-hydrogen) atoms. The van der Waals surface area contributed by atoms with Gasteiger partial charge in [-0.2, -0.15) is 0 Å². The molecule has 8 nitrogen and oxygen atoms in total. The van der Waals surface area contributed by atoms with Gasteiger partial charge in [-0.3, -0.25) is 14.4 Å². The maximum atomic E-state index is 13.4. The maximum Gasteiger partial charge on any atom is 0.272 e. The predicted molar refractivity (Wildman–Crippen MR) is 199 cm³/mol. The first-order chi connectivity index (χ1) is 23.0. The fourth-order valence-corrected chi connectivity index (χ4v) is 6.50. The molecule has 0 spiro atoms. The SMILES string of the molecule is CC(Sc1ccc(NC(=O)/C(=C/c2ccc(N(C)C)cc2)NC(=O)c2ccccc2)cc1)C(=O)Nc1nc(-c2ccc(Cl)cc2Cl)cs1. The summed E-state index contributed by atoms with van der Waals surface area (Å²) in [5, 5.41) is 11.4. The molecule has 0 saturated carbocycles. The summed E-state index contributed by atoms with van der Waals surface area (Å²) in [6, 6.07) is 28.6. The minimum Gasteiger partial charge on any atom is -0.378 e. The van der Waals surface area contributed by atoms with E-state index in [0.717, 1.165) is 21.7 Å². The number of thiazole rings is 1. The lowest BCUT2D eigenvalue weighted by atomic mass is 10.1. The first kappa shape index (κ1) is 34.7. The van der Waals surface area contributed by atoms with Gasteiger partial charge in [-0.25, -0.2) is 4.98 Å². The number of anilines is 3. The zero-order chi connectivity index (χ0) is 34.2. The van der Waals surface area contributed by atoms with Crippen LogP contribution in [-0.2, 0) is 9.59 Å². The highest BCUT2D eigenvalue weighted by atomic mass is 35.5. The van der Waals surface area contributed by atoms with Gasteiger partial charge in [0.15, 0.2) is 5.13 Å². The minimum absolute atomic E-state index is 0.0916. The number of hydrogen-bond donors (Lipinski definition) is 3. The van der Waals surface area contributed by atoms with Crippen LogP contribution in [-0.4, -0.2) is 42.1 Å². The summed E-state index contributed by atoms with van der Waals surface area (Å²) in [6.07, 6.45) is 1.63. The Hall–Kier alpha value is -4.61. The molecule has 3 N–H and O–H groups in total. The number of carbonyl (C=O) groups excluding carboxylic acids is 3. The van der Waals surface area contributed by atoms with Crippen molar-refractivity contribution in [1.82, 2.24) is 10.3 Å². The van der Waals surface area contributed by atoms with Gasteiger partial charge in [0.05, 0.1) is 16.0 Å². The van der Waals surface area contributed by atoms with E-state index >= 15 is 0 Å². The molecule has 1 aromatic heterocycles. The summed E-state index contributed by atoms with van der Waals surface area (Å²) in [6.45, 7) is 1.80. The van der Waals surface area contributed by atoms with Crippen molar-refractivity contribution in [2.75, 3.05) is 29.6 Å². The van der Waals surface area contributed by atoms with E-state index in [1.807, 2.05) is 66.8 Å². The summed E-state index contributed by atoms with van der Waals surface area (Å²) in [7, 11) is 3.89. The highest BCUT2D eigenvalue weighted by Gasteiger charge is 2.18. The number of benzene rings is 4. The Bertz CT molecular complexity index is 1950. The van der Waals surface area contributed by atoms with Crippen LogP contribution in [0.15, 0.2) is 113 Å². The second kappa shape index (κ2) is 16.0. The number of amides is 3. The average molecular weight is 717 g/mol. The molecule has 12 heteroatoms. The quantitative estimate of drug-likeness (QED) is 0.0934. The standard InChI is InChI=1S/C36H31Cl2N5O3S2/c1-22(33(44)42-36-41-32(21-47-36)29-18-11-25(37)20-30(29)38)48-28-16-12-26(13-17-28)39-35(46)31(40-34(45)24-7-5-4-6-8-24)19-23-9-14-27(15-10-23)43(2)3/h4-22H,1-3H3,(H,39,46)(H,40,45)(H,41,42,44)/b31-19-. The number of nitrogens with zero attached hydrogens (tertiary/aromatic N) is 2. The van der Waals surface area contributed by atoms with Crippen LogP contribution in [0.3, 0.4) is 0 Å². The van der Waals surface area contributed by atoms with E-state index in [9.17, 15) is 14.4 Å². The van der Waals surface area contributed by atoms with Gasteiger partial charge in [-0.15, -0.1) is 23.1 Å². The molecule has 0 fully saturated rings. The second-order valence-corrected chi connectivity index (χ2v) is 13.9. The summed E-state index contributed by atoms with van der Waals surface area (Å²) in [4.78, 5) is 46.7. The maximum absolute atomic E-state index is 13.4. The molecule has 0 saturated heterocycles.